The minimum Gasteiger partial charge on any atom is -0.334 e. The number of benzene rings is 1. The Morgan fingerprint density at radius 1 is 1.19 bits per heavy atom. The van der Waals surface area contributed by atoms with Crippen LogP contribution in [0.4, 0.5) is 0 Å². The molecule has 0 aliphatic carbocycles. The molecule has 27 heavy (non-hydrogen) atoms. The van der Waals surface area contributed by atoms with E-state index in [1.807, 2.05) is 18.7 Å². The van der Waals surface area contributed by atoms with Gasteiger partial charge < -0.3 is 4.90 Å². The van der Waals surface area contributed by atoms with Crippen LogP contribution in [0.5, 0.6) is 0 Å². The Morgan fingerprint density at radius 2 is 1.89 bits per heavy atom. The van der Waals surface area contributed by atoms with Crippen LogP contribution in [0.1, 0.15) is 29.9 Å². The normalized spacial score (nSPS) is 14.7. The number of nitrogens with zero attached hydrogens (tertiary/aromatic N) is 2. The fraction of sp³-hybridized carbons (Fsp3) is 0.350. The molecule has 3 rings (SSSR count). The van der Waals surface area contributed by atoms with Gasteiger partial charge in [0.05, 0.1) is 4.90 Å². The molecule has 1 amide bonds. The highest BCUT2D eigenvalue weighted by Gasteiger charge is 2.21. The van der Waals surface area contributed by atoms with Crippen LogP contribution >= 0.6 is 11.3 Å². The van der Waals surface area contributed by atoms with Crippen LogP contribution in [-0.4, -0.2) is 43.2 Å². The van der Waals surface area contributed by atoms with Gasteiger partial charge in [0.2, 0.25) is 15.9 Å². The first-order valence-corrected chi connectivity index (χ1v) is 11.4. The topological polar surface area (TPSA) is 57.7 Å². The van der Waals surface area contributed by atoms with Gasteiger partial charge in [0.25, 0.3) is 0 Å². The summed E-state index contributed by atoms with van der Waals surface area (Å²) in [6.07, 6.45) is 4.20. The second kappa shape index (κ2) is 8.37. The predicted molar refractivity (Wildman–Crippen MR) is 109 cm³/mol. The van der Waals surface area contributed by atoms with E-state index in [0.717, 1.165) is 18.5 Å². The monoisotopic (exact) mass is 404 g/mol. The summed E-state index contributed by atoms with van der Waals surface area (Å²) in [5.41, 5.74) is 2.04. The highest BCUT2D eigenvalue weighted by molar-refractivity contribution is 7.89. The number of fused-ring (bicyclic) bond motifs is 1. The second-order valence-electron chi connectivity index (χ2n) is 6.37. The molecular formula is C20H24N2O3S2. The van der Waals surface area contributed by atoms with Crippen molar-refractivity contribution in [2.75, 3.05) is 19.6 Å². The molecule has 0 atom stereocenters. The molecule has 7 heteroatoms. The number of carbonyl (C=O) groups excluding carboxylic acids is 1. The molecule has 0 saturated heterocycles. The van der Waals surface area contributed by atoms with Crippen LogP contribution in [-0.2, 0) is 27.8 Å². The third-order valence-corrected chi connectivity index (χ3v) is 7.85. The fourth-order valence-corrected chi connectivity index (χ4v) is 5.52. The number of hydrogen-bond acceptors (Lipinski definition) is 4. The third-order valence-electron chi connectivity index (χ3n) is 4.76. The zero-order chi connectivity index (χ0) is 19.4. The number of sulfonamides is 1. The molecule has 0 bridgehead atoms. The molecule has 1 aliphatic rings. The van der Waals surface area contributed by atoms with Gasteiger partial charge in [-0.2, -0.15) is 4.31 Å². The van der Waals surface area contributed by atoms with Gasteiger partial charge in [-0.15, -0.1) is 11.3 Å². The van der Waals surface area contributed by atoms with E-state index in [2.05, 4.69) is 11.4 Å². The average Bonchev–Trinajstić information content (AvgIpc) is 3.15. The Bertz CT molecular complexity index is 926. The quantitative estimate of drug-likeness (QED) is 0.694. The molecule has 1 aliphatic heterocycles. The van der Waals surface area contributed by atoms with Crippen molar-refractivity contribution in [3.05, 3.63) is 57.8 Å². The second-order valence-corrected chi connectivity index (χ2v) is 9.31. The predicted octanol–water partition coefficient (Wildman–Crippen LogP) is 3.38. The van der Waals surface area contributed by atoms with Gasteiger partial charge in [-0.05, 0) is 47.2 Å². The van der Waals surface area contributed by atoms with E-state index in [1.165, 1.54) is 14.7 Å². The first kappa shape index (κ1) is 19.8. The first-order valence-electron chi connectivity index (χ1n) is 9.08. The standard InChI is InChI=1S/C20H24N2O3S2/c1-3-22(4-2)27(24,25)18-8-5-16(6-9-18)7-10-20(23)21-13-11-19-17(15-21)12-14-26-19/h5-10,12,14H,3-4,11,13,15H2,1-2H3/b10-7+. The third kappa shape index (κ3) is 4.31. The van der Waals surface area contributed by atoms with Gasteiger partial charge in [-0.25, -0.2) is 8.42 Å². The van der Waals surface area contributed by atoms with Crippen LogP contribution < -0.4 is 0 Å². The van der Waals surface area contributed by atoms with Crippen LogP contribution in [0.2, 0.25) is 0 Å². The Labute approximate surface area is 165 Å². The smallest absolute Gasteiger partial charge is 0.246 e. The molecule has 144 valence electrons. The summed E-state index contributed by atoms with van der Waals surface area (Å²) in [6.45, 7) is 5.92. The summed E-state index contributed by atoms with van der Waals surface area (Å²) in [5, 5.41) is 2.07. The summed E-state index contributed by atoms with van der Waals surface area (Å²) >= 11 is 1.75. The lowest BCUT2D eigenvalue weighted by molar-refractivity contribution is -0.126. The molecule has 0 spiro atoms. The van der Waals surface area contributed by atoms with E-state index < -0.39 is 10.0 Å². The Morgan fingerprint density at radius 3 is 2.56 bits per heavy atom. The van der Waals surface area contributed by atoms with Gasteiger partial charge in [0.1, 0.15) is 0 Å². The first-order chi connectivity index (χ1) is 13.0. The molecule has 0 N–H and O–H groups in total. The molecule has 2 aromatic rings. The number of rotatable bonds is 6. The SMILES string of the molecule is CCN(CC)S(=O)(=O)c1ccc(/C=C/C(=O)N2CCc3sccc3C2)cc1. The Balaban J connectivity index is 1.67. The summed E-state index contributed by atoms with van der Waals surface area (Å²) in [6, 6.07) is 8.73. The van der Waals surface area contributed by atoms with Crippen molar-refractivity contribution in [3.63, 3.8) is 0 Å². The zero-order valence-corrected chi connectivity index (χ0v) is 17.2. The largest absolute Gasteiger partial charge is 0.334 e. The lowest BCUT2D eigenvalue weighted by atomic mass is 10.1. The van der Waals surface area contributed by atoms with Crippen molar-refractivity contribution in [2.45, 2.75) is 31.7 Å². The van der Waals surface area contributed by atoms with Crippen LogP contribution in [0.3, 0.4) is 0 Å². The van der Waals surface area contributed by atoms with E-state index in [4.69, 9.17) is 0 Å². The van der Waals surface area contributed by atoms with Crippen LogP contribution in [0.15, 0.2) is 46.7 Å². The van der Waals surface area contributed by atoms with Gasteiger partial charge >= 0.3 is 0 Å². The zero-order valence-electron chi connectivity index (χ0n) is 15.6. The van der Waals surface area contributed by atoms with Crippen molar-refractivity contribution in [3.8, 4) is 0 Å². The van der Waals surface area contributed by atoms with Crippen LogP contribution in [0, 0.1) is 0 Å². The lowest BCUT2D eigenvalue weighted by Crippen LogP contribution is -2.34. The van der Waals surface area contributed by atoms with Crippen molar-refractivity contribution in [1.82, 2.24) is 9.21 Å². The number of thiophene rings is 1. The summed E-state index contributed by atoms with van der Waals surface area (Å²) < 4.78 is 26.4. The molecule has 0 radical (unpaired) electrons. The van der Waals surface area contributed by atoms with E-state index in [0.29, 0.717) is 19.6 Å². The number of carbonyl (C=O) groups is 1. The minimum atomic E-state index is -3.45. The molecule has 1 aromatic heterocycles. The maximum absolute atomic E-state index is 12.5. The lowest BCUT2D eigenvalue weighted by Gasteiger charge is -2.25. The summed E-state index contributed by atoms with van der Waals surface area (Å²) in [5.74, 6) is -0.0216. The van der Waals surface area contributed by atoms with Crippen molar-refractivity contribution < 1.29 is 13.2 Å². The Hall–Kier alpha value is -1.96. The van der Waals surface area contributed by atoms with E-state index in [9.17, 15) is 13.2 Å². The highest BCUT2D eigenvalue weighted by Crippen LogP contribution is 2.24. The highest BCUT2D eigenvalue weighted by atomic mass is 32.2. The summed E-state index contributed by atoms with van der Waals surface area (Å²) in [7, 11) is -3.45. The molecule has 0 unspecified atom stereocenters. The van der Waals surface area contributed by atoms with E-state index in [-0.39, 0.29) is 10.8 Å². The van der Waals surface area contributed by atoms with Gasteiger partial charge in [-0.1, -0.05) is 26.0 Å². The average molecular weight is 405 g/mol. The van der Waals surface area contributed by atoms with Crippen molar-refractivity contribution >= 4 is 33.3 Å². The van der Waals surface area contributed by atoms with Crippen molar-refractivity contribution in [1.29, 1.82) is 0 Å². The van der Waals surface area contributed by atoms with E-state index >= 15 is 0 Å². The number of hydrogen-bond donors (Lipinski definition) is 0. The molecule has 0 fully saturated rings. The number of amides is 1. The maximum atomic E-state index is 12.5. The fourth-order valence-electron chi connectivity index (χ4n) is 3.17. The Kier molecular flexibility index (Phi) is 6.14. The van der Waals surface area contributed by atoms with E-state index in [1.54, 1.807) is 47.8 Å². The van der Waals surface area contributed by atoms with Gasteiger partial charge in [0, 0.05) is 37.1 Å². The van der Waals surface area contributed by atoms with Gasteiger partial charge in [-0.3, -0.25) is 4.79 Å². The van der Waals surface area contributed by atoms with Crippen LogP contribution in [0.25, 0.3) is 6.08 Å². The molecular weight excluding hydrogens is 380 g/mol. The maximum Gasteiger partial charge on any atom is 0.246 e. The summed E-state index contributed by atoms with van der Waals surface area (Å²) in [4.78, 5) is 15.9. The molecule has 5 nitrogen and oxygen atoms in total. The minimum absolute atomic E-state index is 0.0216. The van der Waals surface area contributed by atoms with Crippen molar-refractivity contribution in [2.24, 2.45) is 0 Å². The van der Waals surface area contributed by atoms with Gasteiger partial charge in [0.15, 0.2) is 0 Å². The molecule has 1 aromatic carbocycles. The molecule has 2 heterocycles. The molecule has 0 saturated carbocycles.